The van der Waals surface area contributed by atoms with E-state index in [1.165, 1.54) is 10.5 Å². The predicted molar refractivity (Wildman–Crippen MR) is 110 cm³/mol. The predicted octanol–water partition coefficient (Wildman–Crippen LogP) is 5.24. The molecule has 0 bridgehead atoms. The molecule has 1 heterocycles. The summed E-state index contributed by atoms with van der Waals surface area (Å²) in [6.07, 6.45) is 1.68. The molecule has 0 spiro atoms. The minimum Gasteiger partial charge on any atom is -0.468 e. The summed E-state index contributed by atoms with van der Waals surface area (Å²) in [4.78, 5) is 13.4. The number of benzene rings is 2. The second-order valence-electron chi connectivity index (χ2n) is 5.69. The van der Waals surface area contributed by atoms with Gasteiger partial charge in [0.05, 0.1) is 12.0 Å². The van der Waals surface area contributed by atoms with Crippen LogP contribution >= 0.6 is 23.5 Å². The van der Waals surface area contributed by atoms with Crippen molar-refractivity contribution in [2.24, 2.45) is 0 Å². The molecular formula is C21H21NO2S2. The Labute approximate surface area is 162 Å². The van der Waals surface area contributed by atoms with Gasteiger partial charge in [-0.3, -0.25) is 4.79 Å². The second-order valence-corrected chi connectivity index (χ2v) is 7.84. The van der Waals surface area contributed by atoms with Crippen LogP contribution in [0.2, 0.25) is 0 Å². The van der Waals surface area contributed by atoms with E-state index in [-0.39, 0.29) is 5.91 Å². The summed E-state index contributed by atoms with van der Waals surface area (Å²) in [7, 11) is 0. The van der Waals surface area contributed by atoms with Crippen molar-refractivity contribution >= 4 is 29.4 Å². The summed E-state index contributed by atoms with van der Waals surface area (Å²) in [5.74, 6) is 3.53. The Kier molecular flexibility index (Phi) is 7.28. The lowest BCUT2D eigenvalue weighted by Crippen LogP contribution is -2.25. The zero-order chi connectivity index (χ0) is 18.0. The van der Waals surface area contributed by atoms with Crippen LogP contribution in [-0.2, 0) is 11.5 Å². The maximum absolute atomic E-state index is 12.2. The fourth-order valence-corrected chi connectivity index (χ4v) is 3.97. The van der Waals surface area contributed by atoms with Crippen molar-refractivity contribution in [3.8, 4) is 0 Å². The van der Waals surface area contributed by atoms with Crippen LogP contribution in [0.5, 0.6) is 0 Å². The third-order valence-corrected chi connectivity index (χ3v) is 5.79. The minimum absolute atomic E-state index is 0.0224. The molecule has 0 saturated heterocycles. The summed E-state index contributed by atoms with van der Waals surface area (Å²) in [6.45, 7) is 0.649. The van der Waals surface area contributed by atoms with Gasteiger partial charge in [-0.25, -0.2) is 0 Å². The first-order valence-corrected chi connectivity index (χ1v) is 10.6. The topological polar surface area (TPSA) is 42.2 Å². The van der Waals surface area contributed by atoms with Gasteiger partial charge in [0, 0.05) is 28.5 Å². The van der Waals surface area contributed by atoms with E-state index in [1.54, 1.807) is 29.8 Å². The SMILES string of the molecule is O=C(NCCSCc1ccco1)c1ccc(CSc2ccccc2)cc1. The van der Waals surface area contributed by atoms with Crippen molar-refractivity contribution in [3.63, 3.8) is 0 Å². The smallest absolute Gasteiger partial charge is 0.251 e. The van der Waals surface area contributed by atoms with E-state index in [2.05, 4.69) is 17.4 Å². The van der Waals surface area contributed by atoms with Gasteiger partial charge in [-0.1, -0.05) is 30.3 Å². The molecule has 0 aliphatic heterocycles. The molecule has 3 nitrogen and oxygen atoms in total. The van der Waals surface area contributed by atoms with Crippen molar-refractivity contribution in [1.82, 2.24) is 5.32 Å². The monoisotopic (exact) mass is 383 g/mol. The summed E-state index contributed by atoms with van der Waals surface area (Å²) in [5.41, 5.74) is 1.92. The second kappa shape index (κ2) is 10.1. The van der Waals surface area contributed by atoms with E-state index in [1.807, 2.05) is 54.6 Å². The van der Waals surface area contributed by atoms with Crippen LogP contribution < -0.4 is 5.32 Å². The molecule has 1 aromatic heterocycles. The van der Waals surface area contributed by atoms with Crippen molar-refractivity contribution in [2.75, 3.05) is 12.3 Å². The minimum atomic E-state index is -0.0224. The standard InChI is InChI=1S/C21H21NO2S2/c23-21(22-12-14-25-16-19-5-4-13-24-19)18-10-8-17(9-11-18)15-26-20-6-2-1-3-7-20/h1-11,13H,12,14-16H2,(H,22,23). The summed E-state index contributed by atoms with van der Waals surface area (Å²) >= 11 is 3.54. The number of rotatable bonds is 9. The molecule has 1 N–H and O–H groups in total. The number of thioether (sulfide) groups is 2. The number of hydrogen-bond donors (Lipinski definition) is 1. The number of carbonyl (C=O) groups excluding carboxylic acids is 1. The van der Waals surface area contributed by atoms with E-state index in [0.717, 1.165) is 23.0 Å². The van der Waals surface area contributed by atoms with E-state index < -0.39 is 0 Å². The number of nitrogens with one attached hydrogen (secondary N) is 1. The first-order valence-electron chi connectivity index (χ1n) is 8.46. The van der Waals surface area contributed by atoms with Gasteiger partial charge in [0.1, 0.15) is 5.76 Å². The van der Waals surface area contributed by atoms with E-state index >= 15 is 0 Å². The zero-order valence-electron chi connectivity index (χ0n) is 14.4. The molecule has 0 unspecified atom stereocenters. The van der Waals surface area contributed by atoms with Crippen molar-refractivity contribution in [2.45, 2.75) is 16.4 Å². The Morgan fingerprint density at radius 2 is 1.73 bits per heavy atom. The van der Waals surface area contributed by atoms with Gasteiger partial charge >= 0.3 is 0 Å². The van der Waals surface area contributed by atoms with Crippen LogP contribution in [0, 0.1) is 0 Å². The lowest BCUT2D eigenvalue weighted by Gasteiger charge is -2.06. The molecule has 0 saturated carbocycles. The zero-order valence-corrected chi connectivity index (χ0v) is 16.0. The van der Waals surface area contributed by atoms with Crippen molar-refractivity contribution in [1.29, 1.82) is 0 Å². The van der Waals surface area contributed by atoms with Crippen LogP contribution in [-0.4, -0.2) is 18.2 Å². The molecule has 2 aromatic carbocycles. The van der Waals surface area contributed by atoms with Gasteiger partial charge in [0.25, 0.3) is 5.91 Å². The molecule has 26 heavy (non-hydrogen) atoms. The Bertz CT molecular complexity index is 787. The van der Waals surface area contributed by atoms with E-state index in [0.29, 0.717) is 12.1 Å². The van der Waals surface area contributed by atoms with Gasteiger partial charge < -0.3 is 9.73 Å². The number of carbonyl (C=O) groups is 1. The molecule has 0 aliphatic carbocycles. The highest BCUT2D eigenvalue weighted by Gasteiger charge is 2.05. The maximum atomic E-state index is 12.2. The van der Waals surface area contributed by atoms with Crippen LogP contribution in [0.15, 0.2) is 82.3 Å². The molecule has 5 heteroatoms. The fraction of sp³-hybridized carbons (Fsp3) is 0.190. The van der Waals surface area contributed by atoms with Crippen LogP contribution in [0.1, 0.15) is 21.7 Å². The summed E-state index contributed by atoms with van der Waals surface area (Å²) in [5, 5.41) is 2.96. The Balaban J connectivity index is 1.37. The number of furan rings is 1. The van der Waals surface area contributed by atoms with Gasteiger partial charge in [0.15, 0.2) is 0 Å². The third kappa shape index (κ3) is 6.00. The highest BCUT2D eigenvalue weighted by Crippen LogP contribution is 2.22. The molecule has 0 aliphatic rings. The van der Waals surface area contributed by atoms with Crippen LogP contribution in [0.25, 0.3) is 0 Å². The average Bonchev–Trinajstić information content (AvgIpc) is 3.21. The molecule has 3 rings (SSSR count). The third-order valence-electron chi connectivity index (χ3n) is 3.72. The highest BCUT2D eigenvalue weighted by atomic mass is 32.2. The fourth-order valence-electron chi connectivity index (χ4n) is 2.34. The molecule has 0 atom stereocenters. The van der Waals surface area contributed by atoms with Crippen LogP contribution in [0.3, 0.4) is 0 Å². The summed E-state index contributed by atoms with van der Waals surface area (Å²) in [6, 6.07) is 22.0. The van der Waals surface area contributed by atoms with Gasteiger partial charge in [0.2, 0.25) is 0 Å². The number of hydrogen-bond acceptors (Lipinski definition) is 4. The first-order chi connectivity index (χ1) is 12.8. The molecule has 1 amide bonds. The largest absolute Gasteiger partial charge is 0.468 e. The maximum Gasteiger partial charge on any atom is 0.251 e. The lowest BCUT2D eigenvalue weighted by molar-refractivity contribution is 0.0956. The highest BCUT2D eigenvalue weighted by molar-refractivity contribution is 7.98. The van der Waals surface area contributed by atoms with Gasteiger partial charge in [-0.05, 0) is 42.0 Å². The quantitative estimate of drug-likeness (QED) is 0.405. The summed E-state index contributed by atoms with van der Waals surface area (Å²) < 4.78 is 5.28. The number of amides is 1. The van der Waals surface area contributed by atoms with Gasteiger partial charge in [-0.15, -0.1) is 11.8 Å². The van der Waals surface area contributed by atoms with Crippen molar-refractivity contribution < 1.29 is 9.21 Å². The average molecular weight is 384 g/mol. The normalized spacial score (nSPS) is 10.6. The van der Waals surface area contributed by atoms with E-state index in [4.69, 9.17) is 4.42 Å². The molecular weight excluding hydrogens is 362 g/mol. The van der Waals surface area contributed by atoms with E-state index in [9.17, 15) is 4.79 Å². The molecule has 0 radical (unpaired) electrons. The van der Waals surface area contributed by atoms with Crippen molar-refractivity contribution in [3.05, 3.63) is 89.9 Å². The Morgan fingerprint density at radius 1 is 0.923 bits per heavy atom. The molecule has 0 fully saturated rings. The Morgan fingerprint density at radius 3 is 2.46 bits per heavy atom. The Hall–Kier alpha value is -2.11. The molecule has 134 valence electrons. The lowest BCUT2D eigenvalue weighted by atomic mass is 10.1. The first kappa shape index (κ1) is 18.7. The molecule has 3 aromatic rings. The van der Waals surface area contributed by atoms with Crippen LogP contribution in [0.4, 0.5) is 0 Å². The van der Waals surface area contributed by atoms with Gasteiger partial charge in [-0.2, -0.15) is 11.8 Å².